The van der Waals surface area contributed by atoms with Crippen molar-refractivity contribution in [2.75, 3.05) is 0 Å². The fourth-order valence-corrected chi connectivity index (χ4v) is 3.75. The van der Waals surface area contributed by atoms with Gasteiger partial charge in [0.05, 0.1) is 0 Å². The van der Waals surface area contributed by atoms with Gasteiger partial charge in [-0.05, 0) is 35.5 Å². The molecule has 2 aliphatic carbocycles. The van der Waals surface area contributed by atoms with Crippen LogP contribution in [0.3, 0.4) is 0 Å². The van der Waals surface area contributed by atoms with Crippen molar-refractivity contribution in [3.05, 3.63) is 0 Å². The van der Waals surface area contributed by atoms with Crippen LogP contribution in [-0.4, -0.2) is 0 Å². The van der Waals surface area contributed by atoms with Crippen LogP contribution in [0.15, 0.2) is 0 Å². The largest absolute Gasteiger partial charge is 0.0619 e. The summed E-state index contributed by atoms with van der Waals surface area (Å²) < 4.78 is 0. The van der Waals surface area contributed by atoms with Crippen LogP contribution in [0.25, 0.3) is 0 Å². The summed E-state index contributed by atoms with van der Waals surface area (Å²) in [6.45, 7) is 9.72. The summed E-state index contributed by atoms with van der Waals surface area (Å²) in [6.07, 6.45) is 2.96. The fraction of sp³-hybridized carbons (Fsp3) is 1.00. The molecule has 0 saturated heterocycles. The lowest BCUT2D eigenvalue weighted by atomic mass is 9.52. The molecule has 0 aromatic carbocycles. The predicted octanol–water partition coefficient (Wildman–Crippen LogP) is 3.08. The van der Waals surface area contributed by atoms with Gasteiger partial charge in [-0.15, -0.1) is 0 Å². The first-order valence-electron chi connectivity index (χ1n) is 4.51. The molecule has 3 unspecified atom stereocenters. The van der Waals surface area contributed by atoms with Gasteiger partial charge in [-0.2, -0.15) is 0 Å². The molecular weight excluding hydrogens is 120 g/mol. The molecule has 10 heavy (non-hydrogen) atoms. The highest BCUT2D eigenvalue weighted by Gasteiger charge is 2.69. The Hall–Kier alpha value is 0. The third kappa shape index (κ3) is 0.466. The van der Waals surface area contributed by atoms with E-state index in [1.165, 1.54) is 12.8 Å². The average molecular weight is 138 g/mol. The van der Waals surface area contributed by atoms with Crippen LogP contribution in [-0.2, 0) is 0 Å². The highest BCUT2D eigenvalue weighted by atomic mass is 14.7. The molecule has 3 atom stereocenters. The fourth-order valence-electron chi connectivity index (χ4n) is 3.75. The van der Waals surface area contributed by atoms with Gasteiger partial charge in [-0.25, -0.2) is 0 Å². The summed E-state index contributed by atoms with van der Waals surface area (Å²) in [5.74, 6) is 2.03. The summed E-state index contributed by atoms with van der Waals surface area (Å²) in [6, 6.07) is 0. The first-order valence-corrected chi connectivity index (χ1v) is 4.51. The molecule has 1 spiro atoms. The SMILES string of the molecule is CC1CC(C)(C)C12CC2C. The third-order valence-corrected chi connectivity index (χ3v) is 4.32. The lowest BCUT2D eigenvalue weighted by molar-refractivity contribution is -0.0377. The maximum Gasteiger partial charge on any atom is -0.0192 e. The molecule has 0 aromatic rings. The van der Waals surface area contributed by atoms with Crippen LogP contribution in [0, 0.1) is 22.7 Å². The molecule has 0 radical (unpaired) electrons. The second-order valence-corrected chi connectivity index (χ2v) is 5.13. The van der Waals surface area contributed by atoms with Crippen molar-refractivity contribution in [1.29, 1.82) is 0 Å². The molecule has 0 N–H and O–H groups in total. The number of hydrogen-bond donors (Lipinski definition) is 0. The molecule has 0 heteroatoms. The van der Waals surface area contributed by atoms with E-state index in [1.807, 2.05) is 0 Å². The topological polar surface area (TPSA) is 0 Å². The number of rotatable bonds is 0. The summed E-state index contributed by atoms with van der Waals surface area (Å²) in [5.41, 5.74) is 1.46. The van der Waals surface area contributed by atoms with Gasteiger partial charge in [0.15, 0.2) is 0 Å². The average Bonchev–Trinajstić information content (AvgIpc) is 2.43. The van der Waals surface area contributed by atoms with E-state index < -0.39 is 0 Å². The van der Waals surface area contributed by atoms with Gasteiger partial charge in [0, 0.05) is 0 Å². The first-order chi connectivity index (χ1) is 4.51. The summed E-state index contributed by atoms with van der Waals surface area (Å²) >= 11 is 0. The van der Waals surface area contributed by atoms with E-state index in [1.54, 1.807) is 0 Å². The van der Waals surface area contributed by atoms with Crippen LogP contribution in [0.4, 0.5) is 0 Å². The normalized spacial score (nSPS) is 56.4. The second-order valence-electron chi connectivity index (χ2n) is 5.13. The lowest BCUT2D eigenvalue weighted by Crippen LogP contribution is -2.45. The minimum absolute atomic E-state index is 0.672. The molecule has 2 fully saturated rings. The zero-order valence-corrected chi connectivity index (χ0v) is 7.57. The van der Waals surface area contributed by atoms with Gasteiger partial charge in [0.25, 0.3) is 0 Å². The summed E-state index contributed by atoms with van der Waals surface area (Å²) in [7, 11) is 0. The van der Waals surface area contributed by atoms with Gasteiger partial charge in [-0.3, -0.25) is 0 Å². The molecule has 0 aromatic heterocycles. The van der Waals surface area contributed by atoms with Gasteiger partial charge in [0.1, 0.15) is 0 Å². The van der Waals surface area contributed by atoms with Crippen LogP contribution in [0.2, 0.25) is 0 Å². The highest BCUT2D eigenvalue weighted by Crippen LogP contribution is 2.77. The summed E-state index contributed by atoms with van der Waals surface area (Å²) in [5, 5.41) is 0. The van der Waals surface area contributed by atoms with Gasteiger partial charge < -0.3 is 0 Å². The van der Waals surface area contributed by atoms with E-state index in [0.29, 0.717) is 5.41 Å². The monoisotopic (exact) mass is 138 g/mol. The van der Waals surface area contributed by atoms with Crippen molar-refractivity contribution in [1.82, 2.24) is 0 Å². The molecule has 2 aliphatic rings. The van der Waals surface area contributed by atoms with Crippen molar-refractivity contribution < 1.29 is 0 Å². The van der Waals surface area contributed by atoms with Crippen molar-refractivity contribution in [3.8, 4) is 0 Å². The molecule has 0 bridgehead atoms. The Labute approximate surface area is 64.0 Å². The Morgan fingerprint density at radius 3 is 1.60 bits per heavy atom. The van der Waals surface area contributed by atoms with Gasteiger partial charge in [0.2, 0.25) is 0 Å². The van der Waals surface area contributed by atoms with Crippen molar-refractivity contribution >= 4 is 0 Å². The van der Waals surface area contributed by atoms with E-state index >= 15 is 0 Å². The lowest BCUT2D eigenvalue weighted by Gasteiger charge is -2.52. The Balaban J connectivity index is 2.21. The highest BCUT2D eigenvalue weighted by molar-refractivity contribution is 5.18. The molecule has 0 heterocycles. The van der Waals surface area contributed by atoms with Crippen LogP contribution in [0.5, 0.6) is 0 Å². The van der Waals surface area contributed by atoms with Crippen molar-refractivity contribution in [2.45, 2.75) is 40.5 Å². The smallest absolute Gasteiger partial charge is 0.0192 e. The van der Waals surface area contributed by atoms with E-state index in [-0.39, 0.29) is 0 Å². The Morgan fingerprint density at radius 2 is 1.50 bits per heavy atom. The van der Waals surface area contributed by atoms with Crippen molar-refractivity contribution in [2.24, 2.45) is 22.7 Å². The first kappa shape index (κ1) is 6.69. The second kappa shape index (κ2) is 1.44. The van der Waals surface area contributed by atoms with Crippen LogP contribution in [0.1, 0.15) is 40.5 Å². The molecular formula is C10H18. The maximum atomic E-state index is 2.44. The quantitative estimate of drug-likeness (QED) is 0.482. The van der Waals surface area contributed by atoms with Crippen LogP contribution >= 0.6 is 0 Å². The molecule has 2 rings (SSSR count). The van der Waals surface area contributed by atoms with E-state index in [0.717, 1.165) is 17.3 Å². The van der Waals surface area contributed by atoms with E-state index in [2.05, 4.69) is 27.7 Å². The van der Waals surface area contributed by atoms with Crippen LogP contribution < -0.4 is 0 Å². The molecule has 0 aliphatic heterocycles. The molecule has 2 saturated carbocycles. The Bertz CT molecular complexity index is 169. The molecule has 58 valence electrons. The molecule has 0 nitrogen and oxygen atoms in total. The van der Waals surface area contributed by atoms with Crippen molar-refractivity contribution in [3.63, 3.8) is 0 Å². The maximum absolute atomic E-state index is 2.44. The standard InChI is InChI=1S/C10H18/c1-7-5-9(3,4)10(7)6-8(10)2/h7-8H,5-6H2,1-4H3. The summed E-state index contributed by atoms with van der Waals surface area (Å²) in [4.78, 5) is 0. The minimum Gasteiger partial charge on any atom is -0.0619 e. The van der Waals surface area contributed by atoms with Gasteiger partial charge in [-0.1, -0.05) is 27.7 Å². The minimum atomic E-state index is 0.672. The van der Waals surface area contributed by atoms with E-state index in [4.69, 9.17) is 0 Å². The molecule has 0 amide bonds. The Kier molecular flexibility index (Phi) is 0.964. The van der Waals surface area contributed by atoms with Gasteiger partial charge >= 0.3 is 0 Å². The predicted molar refractivity (Wildman–Crippen MR) is 43.8 cm³/mol. The van der Waals surface area contributed by atoms with E-state index in [9.17, 15) is 0 Å². The Morgan fingerprint density at radius 1 is 1.00 bits per heavy atom. The number of hydrogen-bond acceptors (Lipinski definition) is 0. The zero-order chi connectivity index (χ0) is 7.57. The zero-order valence-electron chi connectivity index (χ0n) is 7.57. The third-order valence-electron chi connectivity index (χ3n) is 4.32.